The maximum absolute atomic E-state index is 12.0. The smallest absolute Gasteiger partial charge is 0.312 e. The van der Waals surface area contributed by atoms with Crippen LogP contribution in [0.4, 0.5) is 0 Å². The van der Waals surface area contributed by atoms with Gasteiger partial charge in [0.05, 0.1) is 18.9 Å². The Morgan fingerprint density at radius 2 is 1.42 bits per heavy atom. The zero-order chi connectivity index (χ0) is 18.7. The lowest BCUT2D eigenvalue weighted by Gasteiger charge is -2.24. The van der Waals surface area contributed by atoms with Gasteiger partial charge in [0.25, 0.3) is 0 Å². The molecule has 2 atom stereocenters. The van der Waals surface area contributed by atoms with Crippen molar-refractivity contribution in [3.8, 4) is 17.2 Å². The molecule has 0 fully saturated rings. The van der Waals surface area contributed by atoms with Crippen LogP contribution in [0.5, 0.6) is 17.2 Å². The summed E-state index contributed by atoms with van der Waals surface area (Å²) in [4.78, 5) is 23.9. The minimum absolute atomic E-state index is 0.338. The molecular weight excluding hydrogens is 340 g/mol. The van der Waals surface area contributed by atoms with Crippen molar-refractivity contribution in [3.05, 3.63) is 53.6 Å². The summed E-state index contributed by atoms with van der Waals surface area (Å²) in [5, 5.41) is 19.5. The Kier molecular flexibility index (Phi) is 4.97. The molecule has 7 heteroatoms. The molecule has 0 amide bonds. The van der Waals surface area contributed by atoms with Crippen LogP contribution in [-0.4, -0.2) is 42.5 Å². The van der Waals surface area contributed by atoms with Gasteiger partial charge >= 0.3 is 11.9 Å². The van der Waals surface area contributed by atoms with Crippen molar-refractivity contribution >= 4 is 11.9 Å². The molecule has 1 aliphatic rings. The maximum Gasteiger partial charge on any atom is 0.312 e. The van der Waals surface area contributed by atoms with Gasteiger partial charge in [0.15, 0.2) is 11.5 Å². The van der Waals surface area contributed by atoms with Gasteiger partial charge in [-0.05, 0) is 35.4 Å². The second-order valence-electron chi connectivity index (χ2n) is 5.81. The van der Waals surface area contributed by atoms with Crippen molar-refractivity contribution in [2.24, 2.45) is 0 Å². The predicted octanol–water partition coefficient (Wildman–Crippen LogP) is 2.50. The fourth-order valence-electron chi connectivity index (χ4n) is 3.02. The largest absolute Gasteiger partial charge is 0.497 e. The summed E-state index contributed by atoms with van der Waals surface area (Å²) in [7, 11) is 1.50. The topological polar surface area (TPSA) is 102 Å². The van der Waals surface area contributed by atoms with Crippen LogP contribution in [0.3, 0.4) is 0 Å². The van der Waals surface area contributed by atoms with Crippen LogP contribution in [0.25, 0.3) is 0 Å². The van der Waals surface area contributed by atoms with Gasteiger partial charge in [-0.1, -0.05) is 18.2 Å². The van der Waals surface area contributed by atoms with Gasteiger partial charge < -0.3 is 24.4 Å². The molecule has 0 saturated heterocycles. The van der Waals surface area contributed by atoms with Crippen molar-refractivity contribution in [2.75, 3.05) is 20.3 Å². The summed E-state index contributed by atoms with van der Waals surface area (Å²) < 4.78 is 16.0. The zero-order valence-corrected chi connectivity index (χ0v) is 14.0. The van der Waals surface area contributed by atoms with E-state index >= 15 is 0 Å². The van der Waals surface area contributed by atoms with Gasteiger partial charge in [-0.25, -0.2) is 0 Å². The van der Waals surface area contributed by atoms with E-state index in [0.29, 0.717) is 41.6 Å². The van der Waals surface area contributed by atoms with Crippen LogP contribution >= 0.6 is 0 Å². The number of hydrogen-bond donors (Lipinski definition) is 2. The van der Waals surface area contributed by atoms with Gasteiger partial charge in [-0.2, -0.15) is 0 Å². The molecule has 0 aromatic heterocycles. The van der Waals surface area contributed by atoms with Gasteiger partial charge in [0.1, 0.15) is 19.0 Å². The third kappa shape index (κ3) is 3.42. The lowest BCUT2D eigenvalue weighted by Crippen LogP contribution is -2.26. The molecule has 3 rings (SSSR count). The molecule has 2 N–H and O–H groups in total. The first-order chi connectivity index (χ1) is 12.5. The molecule has 7 nitrogen and oxygen atoms in total. The summed E-state index contributed by atoms with van der Waals surface area (Å²) >= 11 is 0. The van der Waals surface area contributed by atoms with Gasteiger partial charge in [-0.3, -0.25) is 9.59 Å². The summed E-state index contributed by atoms with van der Waals surface area (Å²) in [5.74, 6) is -3.51. The lowest BCUT2D eigenvalue weighted by atomic mass is 9.81. The molecule has 1 heterocycles. The second kappa shape index (κ2) is 7.35. The van der Waals surface area contributed by atoms with E-state index in [-0.39, 0.29) is 0 Å². The number of fused-ring (bicyclic) bond motifs is 1. The van der Waals surface area contributed by atoms with Gasteiger partial charge in [0.2, 0.25) is 0 Å². The number of carboxylic acids is 2. The molecule has 0 aliphatic carbocycles. The fourth-order valence-corrected chi connectivity index (χ4v) is 3.02. The van der Waals surface area contributed by atoms with Crippen molar-refractivity contribution in [3.63, 3.8) is 0 Å². The Bertz CT molecular complexity index is 813. The number of carbonyl (C=O) groups is 2. The Morgan fingerprint density at radius 3 is 2.00 bits per heavy atom. The lowest BCUT2D eigenvalue weighted by molar-refractivity contribution is -0.147. The number of aliphatic carboxylic acids is 2. The number of rotatable bonds is 6. The van der Waals surface area contributed by atoms with Crippen LogP contribution in [0.1, 0.15) is 23.0 Å². The molecule has 2 aromatic carbocycles. The summed E-state index contributed by atoms with van der Waals surface area (Å²) in [5.41, 5.74) is 0.713. The monoisotopic (exact) mass is 358 g/mol. The van der Waals surface area contributed by atoms with E-state index in [1.165, 1.54) is 13.2 Å². The van der Waals surface area contributed by atoms with Crippen LogP contribution in [-0.2, 0) is 9.59 Å². The van der Waals surface area contributed by atoms with Crippen LogP contribution in [0.15, 0.2) is 42.5 Å². The van der Waals surface area contributed by atoms with Crippen LogP contribution in [0, 0.1) is 0 Å². The van der Waals surface area contributed by atoms with Gasteiger partial charge in [-0.15, -0.1) is 0 Å². The third-order valence-electron chi connectivity index (χ3n) is 4.27. The summed E-state index contributed by atoms with van der Waals surface area (Å²) in [6, 6.07) is 11.0. The highest BCUT2D eigenvalue weighted by atomic mass is 16.6. The molecule has 0 saturated carbocycles. The van der Waals surface area contributed by atoms with E-state index in [1.807, 2.05) is 0 Å². The molecule has 0 bridgehead atoms. The van der Waals surface area contributed by atoms with Gasteiger partial charge in [0, 0.05) is 0 Å². The van der Waals surface area contributed by atoms with E-state index < -0.39 is 23.8 Å². The van der Waals surface area contributed by atoms with Crippen molar-refractivity contribution < 1.29 is 34.0 Å². The van der Waals surface area contributed by atoms with Crippen molar-refractivity contribution in [1.29, 1.82) is 0 Å². The standard InChI is InChI=1S/C19H18O7/c1-24-13-5-2-11(3-6-13)16(18(20)21)17(19(22)23)12-4-7-14-15(10-12)26-9-8-25-14/h2-7,10,16-17H,8-9H2,1H3,(H,20,21)(H,22,23). The molecule has 2 aromatic rings. The fraction of sp³-hybridized carbons (Fsp3) is 0.263. The second-order valence-corrected chi connectivity index (χ2v) is 5.81. The highest BCUT2D eigenvalue weighted by molar-refractivity contribution is 5.88. The Balaban J connectivity index is 2.03. The average Bonchev–Trinajstić information content (AvgIpc) is 2.65. The van der Waals surface area contributed by atoms with Crippen LogP contribution in [0.2, 0.25) is 0 Å². The first-order valence-electron chi connectivity index (χ1n) is 8.00. The Morgan fingerprint density at radius 1 is 0.885 bits per heavy atom. The Labute approximate surface area is 149 Å². The minimum Gasteiger partial charge on any atom is -0.497 e. The summed E-state index contributed by atoms with van der Waals surface area (Å²) in [6.45, 7) is 0.771. The van der Waals surface area contributed by atoms with E-state index in [4.69, 9.17) is 14.2 Å². The molecular formula is C19H18O7. The third-order valence-corrected chi connectivity index (χ3v) is 4.27. The average molecular weight is 358 g/mol. The molecule has 2 unspecified atom stereocenters. The maximum atomic E-state index is 12.0. The number of ether oxygens (including phenoxy) is 3. The predicted molar refractivity (Wildman–Crippen MR) is 91.2 cm³/mol. The number of benzene rings is 2. The highest BCUT2D eigenvalue weighted by Gasteiger charge is 2.37. The Hall–Kier alpha value is -3.22. The quantitative estimate of drug-likeness (QED) is 0.818. The summed E-state index contributed by atoms with van der Waals surface area (Å²) in [6.07, 6.45) is 0. The van der Waals surface area contributed by atoms with E-state index in [2.05, 4.69) is 0 Å². The van der Waals surface area contributed by atoms with Crippen LogP contribution < -0.4 is 14.2 Å². The molecule has 26 heavy (non-hydrogen) atoms. The highest BCUT2D eigenvalue weighted by Crippen LogP contribution is 2.39. The number of methoxy groups -OCH3 is 1. The van der Waals surface area contributed by atoms with Crippen molar-refractivity contribution in [2.45, 2.75) is 11.8 Å². The SMILES string of the molecule is COc1ccc(C(C(=O)O)C(C(=O)O)c2ccc3c(c2)OCCO3)cc1. The molecule has 0 radical (unpaired) electrons. The van der Waals surface area contributed by atoms with Crippen molar-refractivity contribution in [1.82, 2.24) is 0 Å². The number of carboxylic acid groups (broad SMARTS) is 2. The minimum atomic E-state index is -1.28. The first-order valence-corrected chi connectivity index (χ1v) is 8.00. The normalized spacial score (nSPS) is 15.0. The molecule has 136 valence electrons. The van der Waals surface area contributed by atoms with E-state index in [1.54, 1.807) is 36.4 Å². The van der Waals surface area contributed by atoms with E-state index in [9.17, 15) is 19.8 Å². The zero-order valence-electron chi connectivity index (χ0n) is 14.0. The first kappa shape index (κ1) is 17.6. The van der Waals surface area contributed by atoms with E-state index in [0.717, 1.165) is 0 Å². The molecule has 0 spiro atoms. The molecule has 1 aliphatic heterocycles. The number of hydrogen-bond acceptors (Lipinski definition) is 5.